The number of aromatic nitrogens is 2. The van der Waals surface area contributed by atoms with E-state index in [0.29, 0.717) is 5.69 Å². The lowest BCUT2D eigenvalue weighted by Gasteiger charge is -2.20. The molecule has 4 nitrogen and oxygen atoms in total. The third-order valence-corrected chi connectivity index (χ3v) is 2.72. The van der Waals surface area contributed by atoms with Crippen LogP contribution in [-0.2, 0) is 0 Å². The summed E-state index contributed by atoms with van der Waals surface area (Å²) in [4.78, 5) is 10.2. The zero-order chi connectivity index (χ0) is 12.1. The Morgan fingerprint density at radius 2 is 2.00 bits per heavy atom. The third-order valence-electron chi connectivity index (χ3n) is 2.55. The van der Waals surface area contributed by atoms with E-state index in [4.69, 9.17) is 17.3 Å². The monoisotopic (exact) mass is 242 g/mol. The number of hydrogen-bond acceptors (Lipinski definition) is 4. The predicted molar refractivity (Wildman–Crippen MR) is 69.0 cm³/mol. The normalized spacial score (nSPS) is 10.5. The van der Waals surface area contributed by atoms with Gasteiger partial charge < -0.3 is 10.6 Å². The highest BCUT2D eigenvalue weighted by Crippen LogP contribution is 2.23. The fraction of sp³-hybridized carbons (Fsp3) is 0.636. The Bertz CT molecular complexity index is 354. The first kappa shape index (κ1) is 13.0. The van der Waals surface area contributed by atoms with Crippen molar-refractivity contribution in [3.05, 3.63) is 11.0 Å². The molecule has 1 aromatic heterocycles. The quantitative estimate of drug-likeness (QED) is 0.637. The molecule has 0 aliphatic heterocycles. The molecule has 0 bridgehead atoms. The maximum atomic E-state index is 5.93. The van der Waals surface area contributed by atoms with Gasteiger partial charge in [-0.25, -0.2) is 4.98 Å². The van der Waals surface area contributed by atoms with Gasteiger partial charge in [-0.15, -0.1) is 0 Å². The highest BCUT2D eigenvalue weighted by atomic mass is 35.5. The van der Waals surface area contributed by atoms with Gasteiger partial charge in [0.15, 0.2) is 5.82 Å². The first-order valence-corrected chi connectivity index (χ1v) is 5.94. The van der Waals surface area contributed by atoms with Gasteiger partial charge in [0.05, 0.1) is 11.4 Å². The van der Waals surface area contributed by atoms with Gasteiger partial charge in [-0.05, 0) is 24.9 Å². The second-order valence-corrected chi connectivity index (χ2v) is 4.28. The van der Waals surface area contributed by atoms with E-state index in [1.807, 2.05) is 18.9 Å². The molecule has 1 aromatic rings. The second-order valence-electron chi connectivity index (χ2n) is 3.94. The van der Waals surface area contributed by atoms with Gasteiger partial charge in [0, 0.05) is 13.6 Å². The second kappa shape index (κ2) is 5.89. The fourth-order valence-electron chi connectivity index (χ4n) is 1.53. The summed E-state index contributed by atoms with van der Waals surface area (Å²) in [6, 6.07) is 0. The number of halogens is 1. The van der Waals surface area contributed by atoms with Crippen LogP contribution >= 0.6 is 11.6 Å². The van der Waals surface area contributed by atoms with E-state index >= 15 is 0 Å². The number of rotatable bonds is 5. The molecule has 0 aliphatic carbocycles. The van der Waals surface area contributed by atoms with Crippen molar-refractivity contribution in [1.82, 2.24) is 9.97 Å². The van der Waals surface area contributed by atoms with Crippen LogP contribution in [0.5, 0.6) is 0 Å². The van der Waals surface area contributed by atoms with Crippen LogP contribution in [-0.4, -0.2) is 23.6 Å². The average molecular weight is 243 g/mol. The van der Waals surface area contributed by atoms with Crippen molar-refractivity contribution in [3.8, 4) is 0 Å². The van der Waals surface area contributed by atoms with Gasteiger partial charge in [-0.1, -0.05) is 19.8 Å². The third kappa shape index (κ3) is 3.23. The molecule has 0 fully saturated rings. The number of nitrogens with zero attached hydrogens (tertiary/aromatic N) is 3. The number of nitrogens with two attached hydrogens (primary N) is 1. The van der Waals surface area contributed by atoms with Crippen LogP contribution in [0.2, 0.25) is 5.28 Å². The zero-order valence-corrected chi connectivity index (χ0v) is 10.9. The van der Waals surface area contributed by atoms with E-state index in [2.05, 4.69) is 16.9 Å². The molecular weight excluding hydrogens is 224 g/mol. The van der Waals surface area contributed by atoms with Gasteiger partial charge in [-0.3, -0.25) is 0 Å². The molecule has 2 N–H and O–H groups in total. The lowest BCUT2D eigenvalue weighted by atomic mass is 10.2. The van der Waals surface area contributed by atoms with Crippen LogP contribution in [0, 0.1) is 6.92 Å². The lowest BCUT2D eigenvalue weighted by Crippen LogP contribution is -2.22. The van der Waals surface area contributed by atoms with E-state index in [0.717, 1.165) is 24.5 Å². The van der Waals surface area contributed by atoms with Gasteiger partial charge >= 0.3 is 0 Å². The number of anilines is 2. The van der Waals surface area contributed by atoms with Crippen molar-refractivity contribution >= 4 is 23.1 Å². The molecule has 90 valence electrons. The minimum atomic E-state index is 0.254. The maximum Gasteiger partial charge on any atom is 0.224 e. The zero-order valence-electron chi connectivity index (χ0n) is 10.1. The summed E-state index contributed by atoms with van der Waals surface area (Å²) in [5.41, 5.74) is 7.28. The van der Waals surface area contributed by atoms with Crippen molar-refractivity contribution < 1.29 is 0 Å². The SMILES string of the molecule is CCCCCN(C)c1nc(Cl)nc(C)c1N. The molecule has 0 atom stereocenters. The standard InChI is InChI=1S/C11H19ClN4/c1-4-5-6-7-16(3)10-9(13)8(2)14-11(12)15-10/h4-7,13H2,1-3H3. The summed E-state index contributed by atoms with van der Waals surface area (Å²) in [5.74, 6) is 0.730. The van der Waals surface area contributed by atoms with Crippen LogP contribution in [0.15, 0.2) is 0 Å². The molecule has 16 heavy (non-hydrogen) atoms. The fourth-order valence-corrected chi connectivity index (χ4v) is 1.74. The van der Waals surface area contributed by atoms with E-state index < -0.39 is 0 Å². The first-order valence-electron chi connectivity index (χ1n) is 5.57. The Labute approximate surface area is 102 Å². The lowest BCUT2D eigenvalue weighted by molar-refractivity contribution is 0.701. The predicted octanol–water partition coefficient (Wildman–Crippen LogP) is 2.65. The molecule has 0 saturated carbocycles. The summed E-state index contributed by atoms with van der Waals surface area (Å²) < 4.78 is 0. The summed E-state index contributed by atoms with van der Waals surface area (Å²) in [5, 5.41) is 0.254. The van der Waals surface area contributed by atoms with Crippen molar-refractivity contribution in [1.29, 1.82) is 0 Å². The molecule has 1 rings (SSSR count). The van der Waals surface area contributed by atoms with Crippen LogP contribution in [0.25, 0.3) is 0 Å². The summed E-state index contributed by atoms with van der Waals surface area (Å²) in [7, 11) is 1.98. The molecule has 0 amide bonds. The molecule has 0 aliphatic rings. The first-order chi connectivity index (χ1) is 7.56. The Morgan fingerprint density at radius 3 is 2.62 bits per heavy atom. The average Bonchev–Trinajstić information content (AvgIpc) is 2.23. The van der Waals surface area contributed by atoms with E-state index in [1.54, 1.807) is 0 Å². The van der Waals surface area contributed by atoms with Gasteiger partial charge in [-0.2, -0.15) is 4.98 Å². The molecule has 1 heterocycles. The summed E-state index contributed by atoms with van der Waals surface area (Å²) >= 11 is 5.82. The Balaban J connectivity index is 2.78. The van der Waals surface area contributed by atoms with Crippen LogP contribution in [0.3, 0.4) is 0 Å². The van der Waals surface area contributed by atoms with Crippen molar-refractivity contribution in [2.24, 2.45) is 0 Å². The molecular formula is C11H19ClN4. The van der Waals surface area contributed by atoms with Crippen LogP contribution in [0.1, 0.15) is 31.9 Å². The smallest absolute Gasteiger partial charge is 0.224 e. The molecule has 0 spiro atoms. The minimum Gasteiger partial charge on any atom is -0.394 e. The summed E-state index contributed by atoms with van der Waals surface area (Å²) in [6.07, 6.45) is 3.54. The number of unbranched alkanes of at least 4 members (excludes halogenated alkanes) is 2. The Kier molecular flexibility index (Phi) is 4.80. The topological polar surface area (TPSA) is 55.0 Å². The van der Waals surface area contributed by atoms with E-state index in [-0.39, 0.29) is 5.28 Å². The number of hydrogen-bond donors (Lipinski definition) is 1. The highest BCUT2D eigenvalue weighted by molar-refractivity contribution is 6.28. The number of aryl methyl sites for hydroxylation is 1. The van der Waals surface area contributed by atoms with Gasteiger partial charge in [0.2, 0.25) is 5.28 Å². The largest absolute Gasteiger partial charge is 0.394 e. The van der Waals surface area contributed by atoms with E-state index in [1.165, 1.54) is 12.8 Å². The van der Waals surface area contributed by atoms with Crippen molar-refractivity contribution in [2.75, 3.05) is 24.2 Å². The minimum absolute atomic E-state index is 0.254. The van der Waals surface area contributed by atoms with Crippen LogP contribution < -0.4 is 10.6 Å². The Morgan fingerprint density at radius 1 is 1.31 bits per heavy atom. The molecule has 0 saturated heterocycles. The summed E-state index contributed by atoms with van der Waals surface area (Å²) in [6.45, 7) is 4.96. The molecule has 5 heteroatoms. The van der Waals surface area contributed by atoms with Gasteiger partial charge in [0.1, 0.15) is 0 Å². The van der Waals surface area contributed by atoms with E-state index in [9.17, 15) is 0 Å². The van der Waals surface area contributed by atoms with Crippen LogP contribution in [0.4, 0.5) is 11.5 Å². The van der Waals surface area contributed by atoms with Gasteiger partial charge in [0.25, 0.3) is 0 Å². The maximum absolute atomic E-state index is 5.93. The Hall–Kier alpha value is -1.03. The highest BCUT2D eigenvalue weighted by Gasteiger charge is 2.11. The van der Waals surface area contributed by atoms with Crippen molar-refractivity contribution in [3.63, 3.8) is 0 Å². The molecule has 0 aromatic carbocycles. The molecule has 0 unspecified atom stereocenters. The molecule has 0 radical (unpaired) electrons. The van der Waals surface area contributed by atoms with Crippen molar-refractivity contribution in [2.45, 2.75) is 33.1 Å². The number of nitrogen functional groups attached to an aromatic ring is 1.